The minimum Gasteiger partial charge on any atom is -0.387 e. The van der Waals surface area contributed by atoms with Gasteiger partial charge in [0.1, 0.15) is 5.82 Å². The van der Waals surface area contributed by atoms with Gasteiger partial charge in [-0.25, -0.2) is 14.4 Å². The SMILES string of the molecule is Cc1cnc(SCC(O)c2ccccc2F)nc1. The smallest absolute Gasteiger partial charge is 0.187 e. The van der Waals surface area contributed by atoms with E-state index >= 15 is 0 Å². The fourth-order valence-corrected chi connectivity index (χ4v) is 2.18. The van der Waals surface area contributed by atoms with Crippen molar-refractivity contribution < 1.29 is 9.50 Å². The summed E-state index contributed by atoms with van der Waals surface area (Å²) in [6.07, 6.45) is 2.57. The number of aliphatic hydroxyl groups is 1. The van der Waals surface area contributed by atoms with Crippen LogP contribution in [-0.4, -0.2) is 20.8 Å². The predicted octanol–water partition coefficient (Wildman–Crippen LogP) is 2.75. The molecule has 3 nitrogen and oxygen atoms in total. The highest BCUT2D eigenvalue weighted by molar-refractivity contribution is 7.99. The molecule has 2 rings (SSSR count). The molecule has 1 atom stereocenters. The van der Waals surface area contributed by atoms with Gasteiger partial charge in [-0.15, -0.1) is 0 Å². The molecule has 1 heterocycles. The Morgan fingerprint density at radius 2 is 1.94 bits per heavy atom. The first kappa shape index (κ1) is 13.0. The summed E-state index contributed by atoms with van der Waals surface area (Å²) in [5, 5.41) is 10.5. The molecular formula is C13H13FN2OS. The van der Waals surface area contributed by atoms with E-state index in [4.69, 9.17) is 0 Å². The van der Waals surface area contributed by atoms with Gasteiger partial charge in [0, 0.05) is 23.7 Å². The van der Waals surface area contributed by atoms with Gasteiger partial charge in [-0.05, 0) is 18.6 Å². The van der Waals surface area contributed by atoms with Crippen molar-refractivity contribution in [1.82, 2.24) is 9.97 Å². The first-order valence-corrected chi connectivity index (χ1v) is 6.49. The van der Waals surface area contributed by atoms with Crippen molar-refractivity contribution in [3.8, 4) is 0 Å². The Morgan fingerprint density at radius 3 is 2.61 bits per heavy atom. The lowest BCUT2D eigenvalue weighted by Crippen LogP contribution is -2.03. The molecule has 0 spiro atoms. The van der Waals surface area contributed by atoms with Gasteiger partial charge in [0.25, 0.3) is 0 Å². The van der Waals surface area contributed by atoms with E-state index in [2.05, 4.69) is 9.97 Å². The maximum atomic E-state index is 13.4. The third-order valence-corrected chi connectivity index (χ3v) is 3.34. The van der Waals surface area contributed by atoms with E-state index in [0.29, 0.717) is 16.5 Å². The van der Waals surface area contributed by atoms with E-state index in [1.807, 2.05) is 6.92 Å². The summed E-state index contributed by atoms with van der Waals surface area (Å²) in [6.45, 7) is 1.91. The maximum absolute atomic E-state index is 13.4. The fourth-order valence-electron chi connectivity index (χ4n) is 1.44. The summed E-state index contributed by atoms with van der Waals surface area (Å²) in [6, 6.07) is 6.22. The van der Waals surface area contributed by atoms with Crippen LogP contribution >= 0.6 is 11.8 Å². The molecule has 0 fully saturated rings. The van der Waals surface area contributed by atoms with Crippen molar-refractivity contribution in [2.45, 2.75) is 18.2 Å². The number of hydrogen-bond donors (Lipinski definition) is 1. The molecule has 0 bridgehead atoms. The quantitative estimate of drug-likeness (QED) is 0.681. The number of benzene rings is 1. The zero-order valence-electron chi connectivity index (χ0n) is 9.88. The molecule has 94 valence electrons. The van der Waals surface area contributed by atoms with Crippen LogP contribution in [0.2, 0.25) is 0 Å². The standard InChI is InChI=1S/C13H13FN2OS/c1-9-6-15-13(16-7-9)18-8-12(17)10-4-2-3-5-11(10)14/h2-7,12,17H,8H2,1H3. The molecule has 18 heavy (non-hydrogen) atoms. The Bertz CT molecular complexity index is 519. The highest BCUT2D eigenvalue weighted by Crippen LogP contribution is 2.23. The Kier molecular flexibility index (Phi) is 4.28. The van der Waals surface area contributed by atoms with Crippen LogP contribution in [0.25, 0.3) is 0 Å². The summed E-state index contributed by atoms with van der Waals surface area (Å²) >= 11 is 1.30. The lowest BCUT2D eigenvalue weighted by molar-refractivity contribution is 0.199. The molecule has 0 aliphatic carbocycles. The topological polar surface area (TPSA) is 46.0 Å². The van der Waals surface area contributed by atoms with Crippen LogP contribution in [0.1, 0.15) is 17.2 Å². The van der Waals surface area contributed by atoms with E-state index < -0.39 is 11.9 Å². The molecule has 5 heteroatoms. The molecule has 0 aliphatic rings. The first-order chi connectivity index (χ1) is 8.66. The van der Waals surface area contributed by atoms with Gasteiger partial charge < -0.3 is 5.11 Å². The van der Waals surface area contributed by atoms with Gasteiger partial charge in [-0.1, -0.05) is 30.0 Å². The summed E-state index contributed by atoms with van der Waals surface area (Å²) in [5.41, 5.74) is 1.28. The monoisotopic (exact) mass is 264 g/mol. The van der Waals surface area contributed by atoms with Crippen LogP contribution in [-0.2, 0) is 0 Å². The predicted molar refractivity (Wildman–Crippen MR) is 68.9 cm³/mol. The van der Waals surface area contributed by atoms with E-state index in [-0.39, 0.29) is 0 Å². The molecule has 1 aromatic heterocycles. The fraction of sp³-hybridized carbons (Fsp3) is 0.231. The van der Waals surface area contributed by atoms with Crippen molar-refractivity contribution >= 4 is 11.8 Å². The van der Waals surface area contributed by atoms with E-state index in [1.165, 1.54) is 17.8 Å². The summed E-state index contributed by atoms with van der Waals surface area (Å²) < 4.78 is 13.4. The number of aromatic nitrogens is 2. The normalized spacial score (nSPS) is 12.4. The van der Waals surface area contributed by atoms with E-state index in [9.17, 15) is 9.50 Å². The zero-order chi connectivity index (χ0) is 13.0. The first-order valence-electron chi connectivity index (χ1n) is 5.51. The summed E-state index contributed by atoms with van der Waals surface area (Å²) in [7, 11) is 0. The third-order valence-electron chi connectivity index (χ3n) is 2.39. The average Bonchev–Trinajstić information content (AvgIpc) is 2.38. The number of thioether (sulfide) groups is 1. The Labute approximate surface area is 109 Å². The van der Waals surface area contributed by atoms with Crippen LogP contribution < -0.4 is 0 Å². The second-order valence-electron chi connectivity index (χ2n) is 3.89. The molecule has 2 aromatic rings. The Hall–Kier alpha value is -1.46. The molecule has 0 amide bonds. The summed E-state index contributed by atoms with van der Waals surface area (Å²) in [4.78, 5) is 8.23. The third kappa shape index (κ3) is 3.27. The van der Waals surface area contributed by atoms with Gasteiger partial charge in [0.15, 0.2) is 5.16 Å². The van der Waals surface area contributed by atoms with Crippen molar-refractivity contribution in [2.24, 2.45) is 0 Å². The number of rotatable bonds is 4. The number of aryl methyl sites for hydroxylation is 1. The van der Waals surface area contributed by atoms with Gasteiger partial charge in [-0.2, -0.15) is 0 Å². The largest absolute Gasteiger partial charge is 0.387 e. The van der Waals surface area contributed by atoms with Gasteiger partial charge in [-0.3, -0.25) is 0 Å². The van der Waals surface area contributed by atoms with Gasteiger partial charge in [0.05, 0.1) is 6.10 Å². The average molecular weight is 264 g/mol. The Balaban J connectivity index is 1.98. The van der Waals surface area contributed by atoms with Crippen molar-refractivity contribution in [2.75, 3.05) is 5.75 Å². The summed E-state index contributed by atoms with van der Waals surface area (Å²) in [5.74, 6) is -0.0697. The number of nitrogens with zero attached hydrogens (tertiary/aromatic N) is 2. The zero-order valence-corrected chi connectivity index (χ0v) is 10.7. The van der Waals surface area contributed by atoms with Crippen molar-refractivity contribution in [1.29, 1.82) is 0 Å². The molecule has 0 aliphatic heterocycles. The van der Waals surface area contributed by atoms with Crippen LogP contribution in [0.5, 0.6) is 0 Å². The minimum atomic E-state index is -0.860. The molecule has 0 saturated carbocycles. The molecule has 1 N–H and O–H groups in total. The molecule has 1 aromatic carbocycles. The molecular weight excluding hydrogens is 251 g/mol. The number of aliphatic hydroxyl groups excluding tert-OH is 1. The van der Waals surface area contributed by atoms with Crippen LogP contribution in [0.3, 0.4) is 0 Å². The highest BCUT2D eigenvalue weighted by Gasteiger charge is 2.13. The lowest BCUT2D eigenvalue weighted by atomic mass is 10.1. The molecule has 0 saturated heterocycles. The van der Waals surface area contributed by atoms with Gasteiger partial charge >= 0.3 is 0 Å². The second-order valence-corrected chi connectivity index (χ2v) is 4.88. The Morgan fingerprint density at radius 1 is 1.28 bits per heavy atom. The maximum Gasteiger partial charge on any atom is 0.187 e. The minimum absolute atomic E-state index is 0.303. The highest BCUT2D eigenvalue weighted by atomic mass is 32.2. The van der Waals surface area contributed by atoms with Crippen molar-refractivity contribution in [3.63, 3.8) is 0 Å². The van der Waals surface area contributed by atoms with Gasteiger partial charge in [0.2, 0.25) is 0 Å². The van der Waals surface area contributed by atoms with Crippen LogP contribution in [0, 0.1) is 12.7 Å². The lowest BCUT2D eigenvalue weighted by Gasteiger charge is -2.10. The number of hydrogen-bond acceptors (Lipinski definition) is 4. The van der Waals surface area contributed by atoms with E-state index in [1.54, 1.807) is 30.6 Å². The van der Waals surface area contributed by atoms with Crippen molar-refractivity contribution in [3.05, 3.63) is 53.6 Å². The number of halogens is 1. The van der Waals surface area contributed by atoms with Crippen LogP contribution in [0.4, 0.5) is 4.39 Å². The van der Waals surface area contributed by atoms with E-state index in [0.717, 1.165) is 5.56 Å². The van der Waals surface area contributed by atoms with Crippen LogP contribution in [0.15, 0.2) is 41.8 Å². The molecule has 1 unspecified atom stereocenters. The molecule has 0 radical (unpaired) electrons. The second kappa shape index (κ2) is 5.93.